The van der Waals surface area contributed by atoms with E-state index in [2.05, 4.69) is 10.6 Å². The second kappa shape index (κ2) is 9.39. The minimum Gasteiger partial charge on any atom is -0.308 e. The van der Waals surface area contributed by atoms with E-state index in [1.807, 2.05) is 0 Å². The summed E-state index contributed by atoms with van der Waals surface area (Å²) in [4.78, 5) is 0. The van der Waals surface area contributed by atoms with Gasteiger partial charge in [0.15, 0.2) is 0 Å². The number of rotatable bonds is 6. The summed E-state index contributed by atoms with van der Waals surface area (Å²) >= 11 is 0. The average molecular weight is 430 g/mol. The van der Waals surface area contributed by atoms with Crippen molar-refractivity contribution in [2.75, 3.05) is 0 Å². The van der Waals surface area contributed by atoms with E-state index in [9.17, 15) is 26.3 Å². The standard InChI is InChI=1S/C22H24F6N2/c23-21(24,25)17-9-3-1-7-15(17)13-29-19-11-5-6-12-20(19)30-14-16-8-2-4-10-18(16)22(26,27)28/h1-4,7-10,19-20,29-30H,5-6,11-14H2/t19-,20-/m1/s1. The molecule has 0 heterocycles. The first-order chi connectivity index (χ1) is 14.2. The van der Waals surface area contributed by atoms with Gasteiger partial charge < -0.3 is 10.6 Å². The van der Waals surface area contributed by atoms with Gasteiger partial charge in [-0.2, -0.15) is 26.3 Å². The van der Waals surface area contributed by atoms with Gasteiger partial charge in [-0.1, -0.05) is 49.2 Å². The minimum absolute atomic E-state index is 0.0532. The molecular formula is C22H24F6N2. The molecule has 2 aromatic carbocycles. The van der Waals surface area contributed by atoms with Crippen LogP contribution in [0.1, 0.15) is 47.9 Å². The first-order valence-corrected chi connectivity index (χ1v) is 9.93. The van der Waals surface area contributed by atoms with E-state index in [0.717, 1.165) is 37.8 Å². The molecule has 164 valence electrons. The molecule has 3 rings (SSSR count). The summed E-state index contributed by atoms with van der Waals surface area (Å²) in [5, 5.41) is 6.39. The maximum Gasteiger partial charge on any atom is 0.416 e. The maximum absolute atomic E-state index is 13.2. The molecule has 1 fully saturated rings. The molecule has 1 aliphatic carbocycles. The predicted molar refractivity (Wildman–Crippen MR) is 103 cm³/mol. The lowest BCUT2D eigenvalue weighted by Crippen LogP contribution is -2.49. The molecule has 0 unspecified atom stereocenters. The van der Waals surface area contributed by atoms with Crippen LogP contribution in [0.4, 0.5) is 26.3 Å². The Morgan fingerprint density at radius 1 is 0.633 bits per heavy atom. The summed E-state index contributed by atoms with van der Waals surface area (Å²) in [5.74, 6) is 0. The van der Waals surface area contributed by atoms with Crippen LogP contribution >= 0.6 is 0 Å². The average Bonchev–Trinajstić information content (AvgIpc) is 2.70. The summed E-state index contributed by atoms with van der Waals surface area (Å²) in [6, 6.07) is 10.6. The number of hydrogen-bond acceptors (Lipinski definition) is 2. The van der Waals surface area contributed by atoms with Crippen LogP contribution in [0, 0.1) is 0 Å². The van der Waals surface area contributed by atoms with E-state index in [1.165, 1.54) is 24.3 Å². The molecule has 30 heavy (non-hydrogen) atoms. The third-order valence-corrected chi connectivity index (χ3v) is 5.52. The molecule has 8 heteroatoms. The van der Waals surface area contributed by atoms with Gasteiger partial charge in [-0.15, -0.1) is 0 Å². The molecule has 0 spiro atoms. The summed E-state index contributed by atoms with van der Waals surface area (Å²) in [5.41, 5.74) is -1.01. The van der Waals surface area contributed by atoms with Gasteiger partial charge in [0.2, 0.25) is 0 Å². The molecule has 0 amide bonds. The number of nitrogens with one attached hydrogen (secondary N) is 2. The second-order valence-electron chi connectivity index (χ2n) is 7.57. The first-order valence-electron chi connectivity index (χ1n) is 9.93. The fourth-order valence-corrected chi connectivity index (χ4v) is 4.00. The molecule has 0 radical (unpaired) electrons. The van der Waals surface area contributed by atoms with E-state index in [1.54, 1.807) is 12.1 Å². The van der Waals surface area contributed by atoms with Crippen LogP contribution < -0.4 is 10.6 Å². The zero-order valence-corrected chi connectivity index (χ0v) is 16.3. The number of alkyl halides is 6. The van der Waals surface area contributed by atoms with Crippen molar-refractivity contribution in [1.82, 2.24) is 10.6 Å². The highest BCUT2D eigenvalue weighted by molar-refractivity contribution is 5.30. The molecule has 2 N–H and O–H groups in total. The van der Waals surface area contributed by atoms with Gasteiger partial charge >= 0.3 is 12.4 Å². The highest BCUT2D eigenvalue weighted by Gasteiger charge is 2.34. The fourth-order valence-electron chi connectivity index (χ4n) is 4.00. The Kier molecular flexibility index (Phi) is 7.08. The van der Waals surface area contributed by atoms with Crippen LogP contribution in [0.5, 0.6) is 0 Å². The van der Waals surface area contributed by atoms with Gasteiger partial charge in [0.05, 0.1) is 11.1 Å². The normalized spacial score (nSPS) is 20.3. The lowest BCUT2D eigenvalue weighted by atomic mass is 9.89. The summed E-state index contributed by atoms with van der Waals surface area (Å²) in [6.07, 6.45) is -5.49. The third-order valence-electron chi connectivity index (χ3n) is 5.52. The van der Waals surface area contributed by atoms with Crippen molar-refractivity contribution in [2.45, 2.75) is 63.2 Å². The van der Waals surface area contributed by atoms with Crippen LogP contribution in [-0.2, 0) is 25.4 Å². The Morgan fingerprint density at radius 3 is 1.37 bits per heavy atom. The van der Waals surface area contributed by atoms with Gasteiger partial charge in [0.25, 0.3) is 0 Å². The van der Waals surface area contributed by atoms with Crippen LogP contribution in [0.2, 0.25) is 0 Å². The minimum atomic E-state index is -4.43. The van der Waals surface area contributed by atoms with Crippen LogP contribution in [0.15, 0.2) is 48.5 Å². The van der Waals surface area contributed by atoms with E-state index < -0.39 is 23.5 Å². The van der Waals surface area contributed by atoms with Crippen molar-refractivity contribution < 1.29 is 26.3 Å². The smallest absolute Gasteiger partial charge is 0.308 e. The van der Waals surface area contributed by atoms with Gasteiger partial charge in [0, 0.05) is 25.2 Å². The lowest BCUT2D eigenvalue weighted by molar-refractivity contribution is -0.139. The molecule has 0 aromatic heterocycles. The highest BCUT2D eigenvalue weighted by atomic mass is 19.4. The van der Waals surface area contributed by atoms with E-state index in [4.69, 9.17) is 0 Å². The molecule has 2 nitrogen and oxygen atoms in total. The number of hydrogen-bond donors (Lipinski definition) is 2. The zero-order valence-electron chi connectivity index (χ0n) is 16.3. The fraction of sp³-hybridized carbons (Fsp3) is 0.455. The zero-order chi connectivity index (χ0) is 21.8. The Labute approximate surface area is 171 Å². The molecular weight excluding hydrogens is 406 g/mol. The lowest BCUT2D eigenvalue weighted by Gasteiger charge is -2.33. The van der Waals surface area contributed by atoms with Crippen LogP contribution in [-0.4, -0.2) is 12.1 Å². The third kappa shape index (κ3) is 5.76. The monoisotopic (exact) mass is 430 g/mol. The van der Waals surface area contributed by atoms with Crippen molar-refractivity contribution in [3.8, 4) is 0 Å². The van der Waals surface area contributed by atoms with Crippen molar-refractivity contribution in [2.24, 2.45) is 0 Å². The Balaban J connectivity index is 1.66. The van der Waals surface area contributed by atoms with Crippen molar-refractivity contribution in [3.63, 3.8) is 0 Å². The molecule has 2 atom stereocenters. The van der Waals surface area contributed by atoms with Crippen molar-refractivity contribution in [1.29, 1.82) is 0 Å². The maximum atomic E-state index is 13.2. The first kappa shape index (κ1) is 22.6. The van der Waals surface area contributed by atoms with Gasteiger partial charge in [-0.25, -0.2) is 0 Å². The molecule has 2 aromatic rings. The SMILES string of the molecule is FC(F)(F)c1ccccc1CN[C@@H]1CCCC[C@H]1NCc1ccccc1C(F)(F)F. The van der Waals surface area contributed by atoms with E-state index in [-0.39, 0.29) is 36.3 Å². The largest absolute Gasteiger partial charge is 0.416 e. The molecule has 0 aliphatic heterocycles. The predicted octanol–water partition coefficient (Wildman–Crippen LogP) is 5.91. The van der Waals surface area contributed by atoms with Crippen molar-refractivity contribution in [3.05, 3.63) is 70.8 Å². The summed E-state index contributed by atoms with van der Waals surface area (Å²) in [7, 11) is 0. The van der Waals surface area contributed by atoms with E-state index in [0.29, 0.717) is 0 Å². The molecule has 0 bridgehead atoms. The number of halogens is 6. The second-order valence-corrected chi connectivity index (χ2v) is 7.57. The summed E-state index contributed by atoms with van der Waals surface area (Å²) < 4.78 is 79.2. The summed E-state index contributed by atoms with van der Waals surface area (Å²) in [6.45, 7) is 0.106. The van der Waals surface area contributed by atoms with Gasteiger partial charge in [0.1, 0.15) is 0 Å². The van der Waals surface area contributed by atoms with Gasteiger partial charge in [-0.3, -0.25) is 0 Å². The Morgan fingerprint density at radius 2 is 1.00 bits per heavy atom. The van der Waals surface area contributed by atoms with Gasteiger partial charge in [-0.05, 0) is 36.1 Å². The van der Waals surface area contributed by atoms with Crippen molar-refractivity contribution >= 4 is 0 Å². The van der Waals surface area contributed by atoms with E-state index >= 15 is 0 Å². The highest BCUT2D eigenvalue weighted by Crippen LogP contribution is 2.33. The quantitative estimate of drug-likeness (QED) is 0.557. The topological polar surface area (TPSA) is 24.1 Å². The molecule has 1 aliphatic rings. The van der Waals surface area contributed by atoms with Crippen LogP contribution in [0.3, 0.4) is 0 Å². The number of benzene rings is 2. The Hall–Kier alpha value is -2.06. The Bertz CT molecular complexity index is 761. The van der Waals surface area contributed by atoms with Crippen LogP contribution in [0.25, 0.3) is 0 Å². The molecule has 1 saturated carbocycles. The molecule has 0 saturated heterocycles.